The van der Waals surface area contributed by atoms with E-state index < -0.39 is 6.04 Å². The molecule has 0 aromatic carbocycles. The summed E-state index contributed by atoms with van der Waals surface area (Å²) in [5.74, 6) is 2.27. The first-order chi connectivity index (χ1) is 10.0. The van der Waals surface area contributed by atoms with Crippen LogP contribution in [0, 0.1) is 23.7 Å². The number of amides is 2. The number of rotatable bonds is 5. The summed E-state index contributed by atoms with van der Waals surface area (Å²) in [6.07, 6.45) is 3.94. The van der Waals surface area contributed by atoms with Crippen molar-refractivity contribution in [1.82, 2.24) is 10.2 Å². The quantitative estimate of drug-likeness (QED) is 0.824. The lowest BCUT2D eigenvalue weighted by molar-refractivity contribution is -0.152. The van der Waals surface area contributed by atoms with E-state index in [-0.39, 0.29) is 24.3 Å². The molecule has 2 amide bonds. The second-order valence-electron chi connectivity index (χ2n) is 7.20. The molecule has 21 heavy (non-hydrogen) atoms. The molecule has 3 rings (SSSR count). The van der Waals surface area contributed by atoms with Gasteiger partial charge in [-0.15, -0.1) is 0 Å². The molecule has 0 aromatic rings. The molecule has 0 radical (unpaired) electrons. The lowest BCUT2D eigenvalue weighted by Crippen LogP contribution is -2.65. The van der Waals surface area contributed by atoms with Gasteiger partial charge in [-0.05, 0) is 37.0 Å². The lowest BCUT2D eigenvalue weighted by atomic mass is 9.76. The maximum Gasteiger partial charge on any atom is 0.246 e. The Labute approximate surface area is 126 Å². The van der Waals surface area contributed by atoms with Gasteiger partial charge in [0, 0.05) is 25.6 Å². The molecule has 2 saturated carbocycles. The Morgan fingerprint density at radius 1 is 1.29 bits per heavy atom. The van der Waals surface area contributed by atoms with Gasteiger partial charge >= 0.3 is 0 Å². The van der Waals surface area contributed by atoms with Crippen molar-refractivity contribution in [1.29, 1.82) is 0 Å². The van der Waals surface area contributed by atoms with Gasteiger partial charge in [0.15, 0.2) is 0 Å². The van der Waals surface area contributed by atoms with E-state index in [2.05, 4.69) is 5.32 Å². The van der Waals surface area contributed by atoms with Gasteiger partial charge in [-0.3, -0.25) is 9.59 Å². The van der Waals surface area contributed by atoms with Crippen molar-refractivity contribution in [2.45, 2.75) is 45.2 Å². The molecular weight excluding hydrogens is 268 g/mol. The van der Waals surface area contributed by atoms with Crippen molar-refractivity contribution in [2.24, 2.45) is 23.7 Å². The van der Waals surface area contributed by atoms with E-state index in [1.807, 2.05) is 18.7 Å². The van der Waals surface area contributed by atoms with Crippen molar-refractivity contribution in [2.75, 3.05) is 20.3 Å². The van der Waals surface area contributed by atoms with E-state index in [9.17, 15) is 9.59 Å². The summed E-state index contributed by atoms with van der Waals surface area (Å²) in [4.78, 5) is 26.6. The monoisotopic (exact) mass is 294 g/mol. The zero-order chi connectivity index (χ0) is 15.1. The molecule has 0 spiro atoms. The van der Waals surface area contributed by atoms with Crippen LogP contribution in [0.4, 0.5) is 0 Å². The first-order valence-electron chi connectivity index (χ1n) is 8.11. The third-order valence-corrected chi connectivity index (χ3v) is 5.62. The number of hydrogen-bond acceptors (Lipinski definition) is 3. The summed E-state index contributed by atoms with van der Waals surface area (Å²) in [6, 6.07) is 0.0320. The zero-order valence-electron chi connectivity index (χ0n) is 13.2. The third-order valence-electron chi connectivity index (χ3n) is 5.62. The van der Waals surface area contributed by atoms with Crippen LogP contribution in [-0.4, -0.2) is 49.1 Å². The highest BCUT2D eigenvalue weighted by Crippen LogP contribution is 2.55. The molecule has 1 N–H and O–H groups in total. The van der Waals surface area contributed by atoms with Gasteiger partial charge in [-0.25, -0.2) is 0 Å². The van der Waals surface area contributed by atoms with Crippen LogP contribution in [0.1, 0.15) is 33.1 Å². The number of ether oxygens (including phenoxy) is 1. The summed E-state index contributed by atoms with van der Waals surface area (Å²) in [7, 11) is 1.49. The Kier molecular flexibility index (Phi) is 3.95. The Morgan fingerprint density at radius 2 is 2.00 bits per heavy atom. The number of hydrogen-bond donors (Lipinski definition) is 1. The number of fused-ring (bicyclic) bond motifs is 5. The maximum atomic E-state index is 12.8. The highest BCUT2D eigenvalue weighted by molar-refractivity contribution is 5.89. The molecule has 1 saturated heterocycles. The van der Waals surface area contributed by atoms with E-state index in [0.29, 0.717) is 12.0 Å². The molecule has 0 aromatic heterocycles. The van der Waals surface area contributed by atoms with Crippen LogP contribution in [0.3, 0.4) is 0 Å². The van der Waals surface area contributed by atoms with Crippen LogP contribution >= 0.6 is 0 Å². The van der Waals surface area contributed by atoms with Crippen LogP contribution in [-0.2, 0) is 14.3 Å². The molecule has 3 aliphatic rings. The summed E-state index contributed by atoms with van der Waals surface area (Å²) >= 11 is 0. The zero-order valence-corrected chi connectivity index (χ0v) is 13.2. The summed E-state index contributed by atoms with van der Waals surface area (Å²) in [6.45, 7) is 4.86. The molecule has 2 bridgehead atoms. The van der Waals surface area contributed by atoms with Crippen molar-refractivity contribution in [3.05, 3.63) is 0 Å². The summed E-state index contributed by atoms with van der Waals surface area (Å²) < 4.78 is 4.84. The van der Waals surface area contributed by atoms with Gasteiger partial charge in [0.1, 0.15) is 12.6 Å². The largest absolute Gasteiger partial charge is 0.375 e. The highest BCUT2D eigenvalue weighted by atomic mass is 16.5. The fraction of sp³-hybridized carbons (Fsp3) is 0.875. The van der Waals surface area contributed by atoms with Gasteiger partial charge in [0.05, 0.1) is 0 Å². The van der Waals surface area contributed by atoms with Crippen LogP contribution in [0.2, 0.25) is 0 Å². The molecule has 5 heteroatoms. The molecular formula is C16H26N2O3. The average molecular weight is 294 g/mol. The Morgan fingerprint density at radius 3 is 2.62 bits per heavy atom. The van der Waals surface area contributed by atoms with E-state index in [0.717, 1.165) is 18.4 Å². The number of carbonyl (C=O) groups is 2. The minimum absolute atomic E-state index is 0.00720. The maximum absolute atomic E-state index is 12.8. The molecule has 5 nitrogen and oxygen atoms in total. The molecule has 3 fully saturated rings. The standard InChI is InChI=1S/C16H26N2O3/c1-9(2)14(17-13(19)8-21-3)16(20)18-7-12-10-4-5-11(6-10)15(12)18/h9-12,14-15H,4-8H2,1-3H3,(H,17,19)/t10-,11-,12+,14-,15-/m0/s1. The molecule has 0 unspecified atom stereocenters. The first-order valence-corrected chi connectivity index (χ1v) is 8.11. The molecule has 1 aliphatic heterocycles. The van der Waals surface area contributed by atoms with Crippen LogP contribution in [0.25, 0.3) is 0 Å². The van der Waals surface area contributed by atoms with Gasteiger partial charge in [0.2, 0.25) is 11.8 Å². The fourth-order valence-electron chi connectivity index (χ4n) is 4.61. The number of nitrogens with one attached hydrogen (secondary N) is 1. The Bertz CT molecular complexity index is 435. The van der Waals surface area contributed by atoms with Gasteiger partial charge in [0.25, 0.3) is 0 Å². The molecule has 118 valence electrons. The number of carbonyl (C=O) groups excluding carboxylic acids is 2. The second kappa shape index (κ2) is 5.59. The number of methoxy groups -OCH3 is 1. The minimum Gasteiger partial charge on any atom is -0.375 e. The van der Waals surface area contributed by atoms with Crippen molar-refractivity contribution < 1.29 is 14.3 Å². The van der Waals surface area contributed by atoms with Crippen molar-refractivity contribution in [3.63, 3.8) is 0 Å². The summed E-state index contributed by atoms with van der Waals surface area (Å²) in [5, 5.41) is 2.84. The van der Waals surface area contributed by atoms with Gasteiger partial charge < -0.3 is 15.0 Å². The lowest BCUT2D eigenvalue weighted by Gasteiger charge is -2.51. The smallest absolute Gasteiger partial charge is 0.246 e. The topological polar surface area (TPSA) is 58.6 Å². The Balaban J connectivity index is 1.64. The van der Waals surface area contributed by atoms with E-state index in [1.54, 1.807) is 0 Å². The fourth-order valence-corrected chi connectivity index (χ4v) is 4.61. The van der Waals surface area contributed by atoms with E-state index >= 15 is 0 Å². The second-order valence-corrected chi connectivity index (χ2v) is 7.20. The summed E-state index contributed by atoms with van der Waals surface area (Å²) in [5.41, 5.74) is 0. The van der Waals surface area contributed by atoms with Crippen LogP contribution in [0.15, 0.2) is 0 Å². The number of likely N-dealkylation sites (tertiary alicyclic amines) is 1. The van der Waals surface area contributed by atoms with Crippen molar-refractivity contribution in [3.8, 4) is 0 Å². The first kappa shape index (κ1) is 14.8. The Hall–Kier alpha value is -1.10. The molecule has 1 heterocycles. The number of nitrogens with zero attached hydrogens (tertiary/aromatic N) is 1. The minimum atomic E-state index is -0.423. The van der Waals surface area contributed by atoms with Crippen LogP contribution in [0.5, 0.6) is 0 Å². The highest BCUT2D eigenvalue weighted by Gasteiger charge is 2.58. The normalized spacial score (nSPS) is 34.6. The molecule has 2 aliphatic carbocycles. The SMILES string of the molecule is COCC(=O)N[C@H](C(=O)N1C[C@@H]2[C@H]3CC[C@@H](C3)[C@@H]21)C(C)C. The third kappa shape index (κ3) is 2.45. The van der Waals surface area contributed by atoms with Crippen LogP contribution < -0.4 is 5.32 Å². The predicted octanol–water partition coefficient (Wildman–Crippen LogP) is 1.03. The van der Waals surface area contributed by atoms with Gasteiger partial charge in [-0.1, -0.05) is 13.8 Å². The van der Waals surface area contributed by atoms with Gasteiger partial charge in [-0.2, -0.15) is 0 Å². The van der Waals surface area contributed by atoms with E-state index in [4.69, 9.17) is 4.74 Å². The van der Waals surface area contributed by atoms with E-state index in [1.165, 1.54) is 26.4 Å². The predicted molar refractivity (Wildman–Crippen MR) is 78.5 cm³/mol. The average Bonchev–Trinajstić information content (AvgIpc) is 2.92. The molecule has 5 atom stereocenters. The van der Waals surface area contributed by atoms with Crippen molar-refractivity contribution >= 4 is 11.8 Å².